The predicted octanol–water partition coefficient (Wildman–Crippen LogP) is 2.36. The van der Waals surface area contributed by atoms with Crippen molar-refractivity contribution in [2.24, 2.45) is 0 Å². The van der Waals surface area contributed by atoms with E-state index in [1.165, 1.54) is 12.8 Å². The minimum atomic E-state index is -0.000559. The Morgan fingerprint density at radius 1 is 1.44 bits per heavy atom. The fraction of sp³-hybridized carbons (Fsp3) is 0.571. The molecule has 18 heavy (non-hydrogen) atoms. The molecule has 1 aromatic carbocycles. The first-order valence-electron chi connectivity index (χ1n) is 6.42. The zero-order valence-electron chi connectivity index (χ0n) is 11.1. The molecule has 100 valence electrons. The second kappa shape index (κ2) is 5.91. The number of nitrogens with zero attached hydrogens (tertiary/aromatic N) is 2. The van der Waals surface area contributed by atoms with Gasteiger partial charge in [-0.05, 0) is 44.6 Å². The van der Waals surface area contributed by atoms with Gasteiger partial charge in [-0.1, -0.05) is 17.7 Å². The van der Waals surface area contributed by atoms with Gasteiger partial charge in [-0.3, -0.25) is 0 Å². The lowest BCUT2D eigenvalue weighted by atomic mass is 10.0. The maximum Gasteiger partial charge on any atom is 0.0696 e. The average molecular weight is 269 g/mol. The quantitative estimate of drug-likeness (QED) is 0.912. The van der Waals surface area contributed by atoms with Crippen LogP contribution in [-0.2, 0) is 6.61 Å². The molecule has 1 unspecified atom stereocenters. The minimum Gasteiger partial charge on any atom is -0.392 e. The van der Waals surface area contributed by atoms with E-state index in [1.54, 1.807) is 0 Å². The molecule has 0 radical (unpaired) electrons. The Kier molecular flexibility index (Phi) is 4.49. The lowest BCUT2D eigenvalue weighted by Crippen LogP contribution is -2.45. The van der Waals surface area contributed by atoms with E-state index in [9.17, 15) is 0 Å². The number of rotatable bonds is 3. The van der Waals surface area contributed by atoms with Crippen LogP contribution in [0.2, 0.25) is 5.02 Å². The van der Waals surface area contributed by atoms with E-state index in [-0.39, 0.29) is 6.61 Å². The number of halogens is 1. The minimum absolute atomic E-state index is 0.000559. The van der Waals surface area contributed by atoms with Gasteiger partial charge in [0.15, 0.2) is 0 Å². The van der Waals surface area contributed by atoms with E-state index in [0.717, 1.165) is 24.3 Å². The van der Waals surface area contributed by atoms with Gasteiger partial charge >= 0.3 is 0 Å². The highest BCUT2D eigenvalue weighted by Gasteiger charge is 2.21. The summed E-state index contributed by atoms with van der Waals surface area (Å²) in [7, 11) is 4.27. The Balaban J connectivity index is 2.13. The van der Waals surface area contributed by atoms with E-state index in [2.05, 4.69) is 30.0 Å². The van der Waals surface area contributed by atoms with E-state index in [1.807, 2.05) is 12.1 Å². The third-order valence-corrected chi connectivity index (χ3v) is 4.05. The Hall–Kier alpha value is -0.770. The molecule has 3 nitrogen and oxygen atoms in total. The summed E-state index contributed by atoms with van der Waals surface area (Å²) in [5, 5.41) is 9.78. The number of hydrogen-bond acceptors (Lipinski definition) is 3. The monoisotopic (exact) mass is 268 g/mol. The first-order valence-corrected chi connectivity index (χ1v) is 6.80. The Bertz CT molecular complexity index is 409. The average Bonchev–Trinajstić information content (AvgIpc) is 2.38. The van der Waals surface area contributed by atoms with Gasteiger partial charge in [0.2, 0.25) is 0 Å². The maximum absolute atomic E-state index is 9.13. The van der Waals surface area contributed by atoms with Crippen LogP contribution < -0.4 is 4.90 Å². The summed E-state index contributed by atoms with van der Waals surface area (Å²) in [5.41, 5.74) is 1.95. The summed E-state index contributed by atoms with van der Waals surface area (Å²) >= 11 is 6.15. The van der Waals surface area contributed by atoms with Crippen molar-refractivity contribution in [3.63, 3.8) is 0 Å². The second-order valence-corrected chi connectivity index (χ2v) is 5.55. The number of likely N-dealkylation sites (N-methyl/N-ethyl adjacent to an activating group) is 1. The molecule has 4 heteroatoms. The highest BCUT2D eigenvalue weighted by molar-refractivity contribution is 6.31. The summed E-state index contributed by atoms with van der Waals surface area (Å²) in [6.07, 6.45) is 2.47. The highest BCUT2D eigenvalue weighted by atomic mass is 35.5. The molecule has 1 heterocycles. The largest absolute Gasteiger partial charge is 0.392 e. The third kappa shape index (κ3) is 2.97. The van der Waals surface area contributed by atoms with Crippen LogP contribution in [0.4, 0.5) is 5.69 Å². The van der Waals surface area contributed by atoms with Gasteiger partial charge in [0, 0.05) is 29.8 Å². The topological polar surface area (TPSA) is 26.7 Å². The van der Waals surface area contributed by atoms with E-state index >= 15 is 0 Å². The summed E-state index contributed by atoms with van der Waals surface area (Å²) < 4.78 is 0. The molecular formula is C14H21ClN2O. The second-order valence-electron chi connectivity index (χ2n) is 5.14. The van der Waals surface area contributed by atoms with Crippen LogP contribution in [0.15, 0.2) is 18.2 Å². The molecule has 0 amide bonds. The van der Waals surface area contributed by atoms with Crippen LogP contribution >= 0.6 is 11.6 Å². The zero-order chi connectivity index (χ0) is 13.1. The highest BCUT2D eigenvalue weighted by Crippen LogP contribution is 2.26. The molecule has 1 saturated heterocycles. The molecule has 1 atom stereocenters. The summed E-state index contributed by atoms with van der Waals surface area (Å²) in [6, 6.07) is 6.53. The fourth-order valence-corrected chi connectivity index (χ4v) is 2.71. The Labute approximate surface area is 114 Å². The van der Waals surface area contributed by atoms with E-state index in [0.29, 0.717) is 11.1 Å². The maximum atomic E-state index is 9.13. The van der Waals surface area contributed by atoms with Gasteiger partial charge in [-0.15, -0.1) is 0 Å². The van der Waals surface area contributed by atoms with Crippen molar-refractivity contribution in [3.05, 3.63) is 28.8 Å². The fourth-order valence-electron chi connectivity index (χ4n) is 2.47. The molecule has 0 aliphatic carbocycles. The van der Waals surface area contributed by atoms with Crippen molar-refractivity contribution in [1.29, 1.82) is 0 Å². The van der Waals surface area contributed by atoms with Crippen LogP contribution in [0.1, 0.15) is 18.4 Å². The molecule has 1 N–H and O–H groups in total. The zero-order valence-corrected chi connectivity index (χ0v) is 11.8. The summed E-state index contributed by atoms with van der Waals surface area (Å²) in [5.74, 6) is 0. The predicted molar refractivity (Wildman–Crippen MR) is 76.3 cm³/mol. The number of benzene rings is 1. The van der Waals surface area contributed by atoms with Gasteiger partial charge in [-0.25, -0.2) is 0 Å². The SMILES string of the molecule is CN(C)C1CCCN(c2ccc(CO)c(Cl)c2)C1. The standard InChI is InChI=1S/C14H21ClN2O/c1-16(2)13-4-3-7-17(9-13)12-6-5-11(10-18)14(15)8-12/h5-6,8,13,18H,3-4,7,9-10H2,1-2H3. The van der Waals surface area contributed by atoms with Gasteiger partial charge in [0.05, 0.1) is 6.61 Å². The molecular weight excluding hydrogens is 248 g/mol. The normalized spacial score (nSPS) is 20.5. The number of hydrogen-bond donors (Lipinski definition) is 1. The first kappa shape index (κ1) is 13.7. The first-order chi connectivity index (χ1) is 8.61. The number of anilines is 1. The van der Waals surface area contributed by atoms with Crippen LogP contribution in [0, 0.1) is 0 Å². The molecule has 1 aliphatic heterocycles. The van der Waals surface area contributed by atoms with Crippen molar-refractivity contribution < 1.29 is 5.11 Å². The van der Waals surface area contributed by atoms with Gasteiger partial charge in [-0.2, -0.15) is 0 Å². The number of piperidine rings is 1. The van der Waals surface area contributed by atoms with Crippen LogP contribution in [-0.4, -0.2) is 43.2 Å². The molecule has 0 saturated carbocycles. The van der Waals surface area contributed by atoms with Gasteiger partial charge < -0.3 is 14.9 Å². The summed E-state index contributed by atoms with van der Waals surface area (Å²) in [4.78, 5) is 4.66. The number of aliphatic hydroxyl groups excluding tert-OH is 1. The van der Waals surface area contributed by atoms with Crippen molar-refractivity contribution in [1.82, 2.24) is 4.90 Å². The molecule has 2 rings (SSSR count). The Morgan fingerprint density at radius 2 is 2.22 bits per heavy atom. The van der Waals surface area contributed by atoms with Crippen molar-refractivity contribution in [2.45, 2.75) is 25.5 Å². The molecule has 1 fully saturated rings. The van der Waals surface area contributed by atoms with E-state index in [4.69, 9.17) is 16.7 Å². The smallest absolute Gasteiger partial charge is 0.0696 e. The van der Waals surface area contributed by atoms with Crippen molar-refractivity contribution in [3.8, 4) is 0 Å². The lowest BCUT2D eigenvalue weighted by molar-refractivity contribution is 0.258. The molecule has 0 aromatic heterocycles. The Morgan fingerprint density at radius 3 is 2.83 bits per heavy atom. The van der Waals surface area contributed by atoms with Gasteiger partial charge in [0.1, 0.15) is 0 Å². The molecule has 1 aliphatic rings. The van der Waals surface area contributed by atoms with Crippen LogP contribution in [0.3, 0.4) is 0 Å². The van der Waals surface area contributed by atoms with Crippen molar-refractivity contribution in [2.75, 3.05) is 32.1 Å². The van der Waals surface area contributed by atoms with Crippen LogP contribution in [0.25, 0.3) is 0 Å². The molecule has 1 aromatic rings. The number of aliphatic hydroxyl groups is 1. The van der Waals surface area contributed by atoms with Crippen LogP contribution in [0.5, 0.6) is 0 Å². The van der Waals surface area contributed by atoms with Gasteiger partial charge in [0.25, 0.3) is 0 Å². The lowest BCUT2D eigenvalue weighted by Gasteiger charge is -2.37. The van der Waals surface area contributed by atoms with E-state index < -0.39 is 0 Å². The third-order valence-electron chi connectivity index (χ3n) is 3.70. The van der Waals surface area contributed by atoms with Crippen molar-refractivity contribution >= 4 is 17.3 Å². The molecule has 0 spiro atoms. The molecule has 0 bridgehead atoms. The summed E-state index contributed by atoms with van der Waals surface area (Å²) in [6.45, 7) is 2.13.